The molecular weight excluding hydrogens is 462 g/mol. The minimum Gasteiger partial charge on any atom is -0.371 e. The third-order valence-electron chi connectivity index (χ3n) is 7.55. The zero-order valence-corrected chi connectivity index (χ0v) is 23.0. The van der Waals surface area contributed by atoms with Crippen molar-refractivity contribution in [2.75, 3.05) is 32.6 Å². The monoisotopic (exact) mass is 501 g/mol. The van der Waals surface area contributed by atoms with E-state index in [2.05, 4.69) is 44.3 Å². The van der Waals surface area contributed by atoms with Crippen LogP contribution in [0.4, 0.5) is 5.69 Å². The Morgan fingerprint density at radius 3 is 2.41 bits per heavy atom. The second-order valence-electron chi connectivity index (χ2n) is 10.7. The highest BCUT2D eigenvalue weighted by Crippen LogP contribution is 2.34. The van der Waals surface area contributed by atoms with Crippen molar-refractivity contribution in [1.29, 1.82) is 0 Å². The van der Waals surface area contributed by atoms with E-state index < -0.39 is 5.92 Å². The van der Waals surface area contributed by atoms with E-state index in [-0.39, 0.29) is 18.4 Å². The summed E-state index contributed by atoms with van der Waals surface area (Å²) in [5.74, 6) is -0.802. The van der Waals surface area contributed by atoms with Gasteiger partial charge in [-0.2, -0.15) is 0 Å². The van der Waals surface area contributed by atoms with Crippen LogP contribution in [0.25, 0.3) is 11.1 Å². The van der Waals surface area contributed by atoms with E-state index in [1.807, 2.05) is 59.3 Å². The molecule has 7 heteroatoms. The standard InChI is InChI=1S/C30H39N5O2/c1-19-13-20(2)33-30(37)27(19)17-32-29(36)26-14-23(22-11-12-24(31-16-22)18-34(4)5)15-28(21(26)3)35(6)25-9-7-8-10-25/h11-16,25,27H,7-10,17-18H2,1-6H3,(H,32,36). The number of dihydropyridines is 1. The van der Waals surface area contributed by atoms with Gasteiger partial charge in [0, 0.05) is 54.9 Å². The molecule has 0 saturated heterocycles. The lowest BCUT2D eigenvalue weighted by molar-refractivity contribution is -0.120. The summed E-state index contributed by atoms with van der Waals surface area (Å²) in [7, 11) is 6.19. The third kappa shape index (κ3) is 6.16. The quantitative estimate of drug-likeness (QED) is 0.563. The lowest BCUT2D eigenvalue weighted by Crippen LogP contribution is -2.35. The molecule has 0 spiro atoms. The number of amides is 2. The number of hydrogen-bond acceptors (Lipinski definition) is 5. The fraction of sp³-hybridized carbons (Fsp3) is 0.467. The Morgan fingerprint density at radius 1 is 1.05 bits per heavy atom. The first-order valence-corrected chi connectivity index (χ1v) is 13.2. The Balaban J connectivity index is 1.65. The van der Waals surface area contributed by atoms with Gasteiger partial charge in [-0.15, -0.1) is 0 Å². The molecule has 2 heterocycles. The largest absolute Gasteiger partial charge is 0.371 e. The van der Waals surface area contributed by atoms with Crippen LogP contribution in [0.15, 0.2) is 47.1 Å². The fourth-order valence-electron chi connectivity index (χ4n) is 5.42. The van der Waals surface area contributed by atoms with E-state index in [4.69, 9.17) is 0 Å². The van der Waals surface area contributed by atoms with Crippen LogP contribution in [0.5, 0.6) is 0 Å². The topological polar surface area (TPSA) is 77.9 Å². The number of anilines is 1. The SMILES string of the molecule is CC1=CC(C)=NC(=O)C1CNC(=O)c1cc(-c2ccc(CN(C)C)nc2)cc(N(C)C2CCCC2)c1C. The minimum absolute atomic E-state index is 0.176. The summed E-state index contributed by atoms with van der Waals surface area (Å²) in [6, 6.07) is 8.72. The molecular formula is C30H39N5O2. The molecule has 1 unspecified atom stereocenters. The van der Waals surface area contributed by atoms with Crippen LogP contribution < -0.4 is 10.2 Å². The highest BCUT2D eigenvalue weighted by atomic mass is 16.2. The van der Waals surface area contributed by atoms with Crippen LogP contribution in [-0.4, -0.2) is 61.1 Å². The minimum atomic E-state index is -0.426. The maximum atomic E-state index is 13.5. The summed E-state index contributed by atoms with van der Waals surface area (Å²) in [6.45, 7) is 6.75. The van der Waals surface area contributed by atoms with E-state index in [1.54, 1.807) is 0 Å². The molecule has 0 radical (unpaired) electrons. The summed E-state index contributed by atoms with van der Waals surface area (Å²) in [5, 5.41) is 3.02. The molecule has 37 heavy (non-hydrogen) atoms. The summed E-state index contributed by atoms with van der Waals surface area (Å²) >= 11 is 0. The highest BCUT2D eigenvalue weighted by molar-refractivity contribution is 6.06. The normalized spacial score (nSPS) is 18.1. The number of pyridine rings is 1. The Morgan fingerprint density at radius 2 is 1.78 bits per heavy atom. The predicted octanol–water partition coefficient (Wildman–Crippen LogP) is 4.79. The van der Waals surface area contributed by atoms with Gasteiger partial charge in [0.1, 0.15) is 0 Å². The summed E-state index contributed by atoms with van der Waals surface area (Å²) in [4.78, 5) is 39.1. The summed E-state index contributed by atoms with van der Waals surface area (Å²) in [5.41, 5.74) is 7.21. The zero-order chi connectivity index (χ0) is 26.7. The van der Waals surface area contributed by atoms with Gasteiger partial charge in [-0.05, 0) is 83.1 Å². The molecule has 4 rings (SSSR count). The van der Waals surface area contributed by atoms with E-state index >= 15 is 0 Å². The summed E-state index contributed by atoms with van der Waals surface area (Å²) < 4.78 is 0. The lowest BCUT2D eigenvalue weighted by atomic mass is 9.94. The number of nitrogens with one attached hydrogen (secondary N) is 1. The van der Waals surface area contributed by atoms with Gasteiger partial charge in [-0.3, -0.25) is 14.6 Å². The van der Waals surface area contributed by atoms with Crippen LogP contribution >= 0.6 is 0 Å². The molecule has 1 aromatic heterocycles. The van der Waals surface area contributed by atoms with Crippen molar-refractivity contribution in [3.8, 4) is 11.1 Å². The van der Waals surface area contributed by atoms with E-state index in [0.29, 0.717) is 17.3 Å². The van der Waals surface area contributed by atoms with Crippen LogP contribution in [0, 0.1) is 12.8 Å². The van der Waals surface area contributed by atoms with Crippen molar-refractivity contribution >= 4 is 23.2 Å². The Hall–Kier alpha value is -3.32. The van der Waals surface area contributed by atoms with Gasteiger partial charge in [0.05, 0.1) is 11.6 Å². The maximum Gasteiger partial charge on any atom is 0.254 e. The van der Waals surface area contributed by atoms with Crippen molar-refractivity contribution < 1.29 is 9.59 Å². The number of carbonyl (C=O) groups excluding carboxylic acids is 2. The third-order valence-corrected chi connectivity index (χ3v) is 7.55. The molecule has 1 aromatic carbocycles. The first kappa shape index (κ1) is 26.7. The second kappa shape index (κ2) is 11.4. The highest BCUT2D eigenvalue weighted by Gasteiger charge is 2.26. The fourth-order valence-corrected chi connectivity index (χ4v) is 5.42. The van der Waals surface area contributed by atoms with Gasteiger partial charge in [0.2, 0.25) is 0 Å². The molecule has 2 aliphatic rings. The molecule has 1 saturated carbocycles. The number of benzene rings is 1. The van der Waals surface area contributed by atoms with E-state index in [1.165, 1.54) is 12.8 Å². The average molecular weight is 502 g/mol. The predicted molar refractivity (Wildman–Crippen MR) is 150 cm³/mol. The van der Waals surface area contributed by atoms with Gasteiger partial charge in [-0.1, -0.05) is 24.5 Å². The first-order valence-electron chi connectivity index (χ1n) is 13.2. The zero-order valence-electron chi connectivity index (χ0n) is 23.0. The van der Waals surface area contributed by atoms with Crippen molar-refractivity contribution in [2.24, 2.45) is 10.9 Å². The number of allylic oxidation sites excluding steroid dienone is 1. The summed E-state index contributed by atoms with van der Waals surface area (Å²) in [6.07, 6.45) is 8.60. The second-order valence-corrected chi connectivity index (χ2v) is 10.7. The van der Waals surface area contributed by atoms with E-state index in [9.17, 15) is 9.59 Å². The van der Waals surface area contributed by atoms with Gasteiger partial charge in [-0.25, -0.2) is 4.99 Å². The molecule has 1 fully saturated rings. The molecule has 0 bridgehead atoms. The molecule has 1 aliphatic heterocycles. The van der Waals surface area contributed by atoms with Gasteiger partial charge >= 0.3 is 0 Å². The molecule has 1 N–H and O–H groups in total. The molecule has 1 atom stereocenters. The molecule has 2 amide bonds. The van der Waals surface area contributed by atoms with Gasteiger partial charge < -0.3 is 15.1 Å². The Kier molecular flexibility index (Phi) is 8.22. The smallest absolute Gasteiger partial charge is 0.254 e. The number of hydrogen-bond donors (Lipinski definition) is 1. The van der Waals surface area contributed by atoms with Crippen molar-refractivity contribution in [1.82, 2.24) is 15.2 Å². The number of aromatic nitrogens is 1. The molecule has 196 valence electrons. The van der Waals surface area contributed by atoms with Crippen LogP contribution in [0.1, 0.15) is 61.1 Å². The van der Waals surface area contributed by atoms with E-state index in [0.717, 1.165) is 53.0 Å². The van der Waals surface area contributed by atoms with Crippen LogP contribution in [-0.2, 0) is 11.3 Å². The first-order chi connectivity index (χ1) is 17.6. The van der Waals surface area contributed by atoms with Crippen molar-refractivity contribution in [2.45, 2.75) is 59.0 Å². The number of aliphatic imine (C=N–C) groups is 1. The van der Waals surface area contributed by atoms with Crippen LogP contribution in [0.3, 0.4) is 0 Å². The maximum absolute atomic E-state index is 13.5. The van der Waals surface area contributed by atoms with Crippen molar-refractivity contribution in [3.63, 3.8) is 0 Å². The Bertz CT molecular complexity index is 1220. The van der Waals surface area contributed by atoms with Crippen LogP contribution in [0.2, 0.25) is 0 Å². The molecule has 7 nitrogen and oxygen atoms in total. The average Bonchev–Trinajstić information content (AvgIpc) is 3.38. The van der Waals surface area contributed by atoms with Gasteiger partial charge in [0.15, 0.2) is 0 Å². The molecule has 1 aliphatic carbocycles. The number of carbonyl (C=O) groups is 2. The lowest BCUT2D eigenvalue weighted by Gasteiger charge is -2.30. The Labute approximate surface area is 220 Å². The van der Waals surface area contributed by atoms with Gasteiger partial charge in [0.25, 0.3) is 11.8 Å². The van der Waals surface area contributed by atoms with Crippen molar-refractivity contribution in [3.05, 3.63) is 58.9 Å². The number of rotatable bonds is 8. The molecule has 2 aromatic rings. The number of nitrogens with zero attached hydrogens (tertiary/aromatic N) is 4.